The van der Waals surface area contributed by atoms with Crippen molar-refractivity contribution in [2.45, 2.75) is 38.2 Å². The smallest absolute Gasteiger partial charge is 0.239 e. The zero-order valence-corrected chi connectivity index (χ0v) is 14.1. The monoisotopic (exact) mass is 320 g/mol. The second-order valence-electron chi connectivity index (χ2n) is 4.94. The van der Waals surface area contributed by atoms with Gasteiger partial charge in [0.25, 0.3) is 0 Å². The number of benzene rings is 1. The summed E-state index contributed by atoms with van der Waals surface area (Å²) in [7, 11) is 1.63. The van der Waals surface area contributed by atoms with Crippen LogP contribution in [0.3, 0.4) is 0 Å². The molecule has 6 heteroatoms. The van der Waals surface area contributed by atoms with E-state index in [0.717, 1.165) is 23.6 Å². The molecule has 118 valence electrons. The molecule has 5 nitrogen and oxygen atoms in total. The van der Waals surface area contributed by atoms with Crippen LogP contribution in [-0.4, -0.2) is 23.0 Å². The molecule has 1 aromatic heterocycles. The number of hydrogen-bond donors (Lipinski definition) is 0. The zero-order chi connectivity index (χ0) is 16.1. The third-order valence-corrected chi connectivity index (χ3v) is 4.50. The Kier molecular flexibility index (Phi) is 5.60. The van der Waals surface area contributed by atoms with E-state index in [0.29, 0.717) is 17.2 Å². The third-order valence-electron chi connectivity index (χ3n) is 3.32. The van der Waals surface area contributed by atoms with Gasteiger partial charge in [0.2, 0.25) is 5.89 Å². The van der Waals surface area contributed by atoms with Crippen LogP contribution in [0.1, 0.15) is 53.7 Å². The van der Waals surface area contributed by atoms with E-state index in [1.165, 1.54) is 0 Å². The molecular weight excluding hydrogens is 300 g/mol. The zero-order valence-electron chi connectivity index (χ0n) is 13.3. The highest BCUT2D eigenvalue weighted by atomic mass is 32.2. The lowest BCUT2D eigenvalue weighted by atomic mass is 10.1. The molecular formula is C16H20N2O3S. The predicted octanol–water partition coefficient (Wildman–Crippen LogP) is 3.84. The summed E-state index contributed by atoms with van der Waals surface area (Å²) in [5.41, 5.74) is 1.68. The van der Waals surface area contributed by atoms with Crippen LogP contribution in [0.4, 0.5) is 0 Å². The molecule has 0 bridgehead atoms. The molecule has 0 aliphatic rings. The average Bonchev–Trinajstić information content (AvgIpc) is 3.01. The quantitative estimate of drug-likeness (QED) is 0.722. The number of Topliss-reactive ketones (excluding diaryl/α,β-unsaturated/α-hetero) is 1. The van der Waals surface area contributed by atoms with Crippen LogP contribution in [0.25, 0.3) is 0 Å². The minimum atomic E-state index is 0.0476. The van der Waals surface area contributed by atoms with Crippen molar-refractivity contribution in [2.24, 2.45) is 0 Å². The van der Waals surface area contributed by atoms with Gasteiger partial charge in [-0.05, 0) is 32.0 Å². The minimum Gasteiger partial charge on any atom is -0.496 e. The van der Waals surface area contributed by atoms with Crippen molar-refractivity contribution in [2.75, 3.05) is 7.11 Å². The molecule has 1 atom stereocenters. The second kappa shape index (κ2) is 7.45. The number of aryl methyl sites for hydroxylation is 1. The van der Waals surface area contributed by atoms with Gasteiger partial charge in [-0.3, -0.25) is 4.79 Å². The van der Waals surface area contributed by atoms with Gasteiger partial charge in [0.1, 0.15) is 5.75 Å². The predicted molar refractivity (Wildman–Crippen MR) is 86.4 cm³/mol. The Morgan fingerprint density at radius 3 is 2.82 bits per heavy atom. The third kappa shape index (κ3) is 3.88. The summed E-state index contributed by atoms with van der Waals surface area (Å²) in [5.74, 6) is 2.88. The number of carbonyl (C=O) groups is 1. The molecule has 1 aromatic carbocycles. The van der Waals surface area contributed by atoms with Crippen molar-refractivity contribution in [1.29, 1.82) is 0 Å². The summed E-state index contributed by atoms with van der Waals surface area (Å²) < 4.78 is 10.6. The van der Waals surface area contributed by atoms with Crippen LogP contribution < -0.4 is 4.74 Å². The van der Waals surface area contributed by atoms with Gasteiger partial charge in [0.05, 0.1) is 12.4 Å². The lowest BCUT2D eigenvalue weighted by molar-refractivity contribution is 0.101. The molecule has 2 aromatic rings. The summed E-state index contributed by atoms with van der Waals surface area (Å²) >= 11 is 1.67. The maximum Gasteiger partial charge on any atom is 0.239 e. The molecule has 0 N–H and O–H groups in total. The van der Waals surface area contributed by atoms with Crippen LogP contribution in [0.15, 0.2) is 22.7 Å². The average molecular weight is 320 g/mol. The lowest BCUT2D eigenvalue weighted by Gasteiger charge is -2.11. The number of ketones is 1. The van der Waals surface area contributed by atoms with Crippen molar-refractivity contribution < 1.29 is 14.1 Å². The van der Waals surface area contributed by atoms with Gasteiger partial charge in [-0.1, -0.05) is 12.1 Å². The molecule has 0 radical (unpaired) electrons. The first-order chi connectivity index (χ1) is 10.5. The molecule has 0 spiro atoms. The summed E-state index contributed by atoms with van der Waals surface area (Å²) in [6.07, 6.45) is 0.759. The molecule has 0 saturated heterocycles. The Labute approximate surface area is 134 Å². The largest absolute Gasteiger partial charge is 0.496 e. The maximum absolute atomic E-state index is 11.5. The Morgan fingerprint density at radius 2 is 2.23 bits per heavy atom. The number of thioether (sulfide) groups is 1. The van der Waals surface area contributed by atoms with Crippen LogP contribution in [0.5, 0.6) is 5.75 Å². The van der Waals surface area contributed by atoms with Crippen LogP contribution >= 0.6 is 11.8 Å². The van der Waals surface area contributed by atoms with Crippen molar-refractivity contribution in [3.8, 4) is 5.75 Å². The number of methoxy groups -OCH3 is 1. The standard InChI is InChI=1S/C16H20N2O3S/c1-5-15-17-16(21-18-15)11(3)22-9-13-8-12(10(2)19)6-7-14(13)20-4/h6-8,11H,5,9H2,1-4H3/t11-/m1/s1. The van der Waals surface area contributed by atoms with Gasteiger partial charge in [0.15, 0.2) is 11.6 Å². The number of rotatable bonds is 7. The Bertz CT molecular complexity index is 655. The van der Waals surface area contributed by atoms with E-state index in [4.69, 9.17) is 9.26 Å². The summed E-state index contributed by atoms with van der Waals surface area (Å²) in [6, 6.07) is 5.50. The van der Waals surface area contributed by atoms with Gasteiger partial charge < -0.3 is 9.26 Å². The van der Waals surface area contributed by atoms with Gasteiger partial charge in [-0.2, -0.15) is 4.98 Å². The Balaban J connectivity index is 2.09. The molecule has 0 fully saturated rings. The van der Waals surface area contributed by atoms with Crippen LogP contribution in [0.2, 0.25) is 0 Å². The van der Waals surface area contributed by atoms with Gasteiger partial charge >= 0.3 is 0 Å². The number of nitrogens with zero attached hydrogens (tertiary/aromatic N) is 2. The lowest BCUT2D eigenvalue weighted by Crippen LogP contribution is -1.98. The second-order valence-corrected chi connectivity index (χ2v) is 6.27. The topological polar surface area (TPSA) is 65.2 Å². The summed E-state index contributed by atoms with van der Waals surface area (Å²) in [5, 5.41) is 3.99. The van der Waals surface area contributed by atoms with E-state index in [2.05, 4.69) is 10.1 Å². The van der Waals surface area contributed by atoms with Gasteiger partial charge in [-0.15, -0.1) is 11.8 Å². The Hall–Kier alpha value is -1.82. The highest BCUT2D eigenvalue weighted by molar-refractivity contribution is 7.98. The Morgan fingerprint density at radius 1 is 1.45 bits per heavy atom. The molecule has 1 heterocycles. The van der Waals surface area contributed by atoms with E-state index in [1.54, 1.807) is 31.9 Å². The number of carbonyl (C=O) groups excluding carboxylic acids is 1. The minimum absolute atomic E-state index is 0.0476. The normalized spacial score (nSPS) is 12.2. The van der Waals surface area contributed by atoms with Crippen molar-refractivity contribution in [3.05, 3.63) is 41.0 Å². The number of ether oxygens (including phenoxy) is 1. The molecule has 0 aliphatic carbocycles. The number of hydrogen-bond acceptors (Lipinski definition) is 6. The maximum atomic E-state index is 11.5. The van der Waals surface area contributed by atoms with Gasteiger partial charge in [-0.25, -0.2) is 0 Å². The molecule has 22 heavy (non-hydrogen) atoms. The van der Waals surface area contributed by atoms with Crippen molar-refractivity contribution in [1.82, 2.24) is 10.1 Å². The first kappa shape index (κ1) is 16.5. The SMILES string of the molecule is CCc1noc([C@@H](C)SCc2cc(C(C)=O)ccc2OC)n1. The highest BCUT2D eigenvalue weighted by Gasteiger charge is 2.16. The summed E-state index contributed by atoms with van der Waals surface area (Å²) in [6.45, 7) is 5.58. The molecule has 0 saturated carbocycles. The first-order valence-corrected chi connectivity index (χ1v) is 8.22. The van der Waals surface area contributed by atoms with Crippen LogP contribution in [-0.2, 0) is 12.2 Å². The van der Waals surface area contributed by atoms with Gasteiger partial charge in [0, 0.05) is 23.3 Å². The van der Waals surface area contributed by atoms with E-state index in [9.17, 15) is 4.79 Å². The molecule has 0 aliphatic heterocycles. The van der Waals surface area contributed by atoms with Crippen molar-refractivity contribution >= 4 is 17.5 Å². The van der Waals surface area contributed by atoms with E-state index >= 15 is 0 Å². The highest BCUT2D eigenvalue weighted by Crippen LogP contribution is 2.33. The summed E-state index contributed by atoms with van der Waals surface area (Å²) in [4.78, 5) is 15.9. The first-order valence-electron chi connectivity index (χ1n) is 7.17. The fourth-order valence-electron chi connectivity index (χ4n) is 1.97. The van der Waals surface area contributed by atoms with Crippen molar-refractivity contribution in [3.63, 3.8) is 0 Å². The van der Waals surface area contributed by atoms with E-state index in [1.807, 2.05) is 26.0 Å². The fourth-order valence-corrected chi connectivity index (χ4v) is 2.87. The van der Waals surface area contributed by atoms with Crippen LogP contribution in [0, 0.1) is 0 Å². The molecule has 2 rings (SSSR count). The van der Waals surface area contributed by atoms with E-state index in [-0.39, 0.29) is 11.0 Å². The molecule has 0 unspecified atom stereocenters. The fraction of sp³-hybridized carbons (Fsp3) is 0.438. The number of aromatic nitrogens is 2. The molecule has 0 amide bonds. The van der Waals surface area contributed by atoms with E-state index < -0.39 is 0 Å².